The molecule has 4 nitrogen and oxygen atoms in total. The van der Waals surface area contributed by atoms with Crippen molar-refractivity contribution < 1.29 is 14.7 Å². The molecule has 0 atom stereocenters. The maximum Gasteiger partial charge on any atom is 0.161 e. The van der Waals surface area contributed by atoms with Crippen LogP contribution in [0.3, 0.4) is 0 Å². The Kier molecular flexibility index (Phi) is 4.93. The molecule has 0 bridgehead atoms. The number of hydrogen-bond acceptors (Lipinski definition) is 4. The van der Waals surface area contributed by atoms with Crippen LogP contribution in [0.1, 0.15) is 12.0 Å². The highest BCUT2D eigenvalue weighted by molar-refractivity contribution is 5.42. The van der Waals surface area contributed by atoms with Gasteiger partial charge in [0, 0.05) is 6.54 Å². The monoisotopic (exact) mass is 211 g/mol. The zero-order valence-electron chi connectivity index (χ0n) is 9.12. The predicted molar refractivity (Wildman–Crippen MR) is 57.6 cm³/mol. The highest BCUT2D eigenvalue weighted by atomic mass is 16.5. The summed E-state index contributed by atoms with van der Waals surface area (Å²) in [6, 6.07) is 5.79. The number of rotatable bonds is 6. The van der Waals surface area contributed by atoms with Gasteiger partial charge in [-0.15, -0.1) is 0 Å². The van der Waals surface area contributed by atoms with E-state index in [1.165, 1.54) is 0 Å². The highest BCUT2D eigenvalue weighted by Gasteiger charge is 2.03. The van der Waals surface area contributed by atoms with Gasteiger partial charge in [-0.25, -0.2) is 5.48 Å². The molecule has 0 fully saturated rings. The molecule has 2 N–H and O–H groups in total. The second-order valence-corrected chi connectivity index (χ2v) is 3.26. The zero-order chi connectivity index (χ0) is 11.1. The number of hydroxylamine groups is 1. The molecule has 0 aliphatic heterocycles. The van der Waals surface area contributed by atoms with Crippen molar-refractivity contribution in [2.24, 2.45) is 0 Å². The summed E-state index contributed by atoms with van der Waals surface area (Å²) in [6.07, 6.45) is 0.744. The van der Waals surface area contributed by atoms with Gasteiger partial charge in [-0.05, 0) is 31.0 Å². The van der Waals surface area contributed by atoms with Crippen LogP contribution >= 0.6 is 0 Å². The molecule has 0 saturated heterocycles. The highest BCUT2D eigenvalue weighted by Crippen LogP contribution is 2.27. The SMILES string of the molecule is COc1cc(C)ccc1OCCCNO. The van der Waals surface area contributed by atoms with Crippen molar-refractivity contribution in [1.82, 2.24) is 5.48 Å². The van der Waals surface area contributed by atoms with Crippen molar-refractivity contribution in [2.45, 2.75) is 13.3 Å². The Morgan fingerprint density at radius 1 is 1.33 bits per heavy atom. The van der Waals surface area contributed by atoms with E-state index in [0.29, 0.717) is 13.2 Å². The van der Waals surface area contributed by atoms with E-state index in [1.807, 2.05) is 25.1 Å². The van der Waals surface area contributed by atoms with Crippen LogP contribution in [0.4, 0.5) is 0 Å². The molecule has 0 amide bonds. The van der Waals surface area contributed by atoms with Crippen LogP contribution in [0, 0.1) is 6.92 Å². The molecule has 84 valence electrons. The first-order chi connectivity index (χ1) is 7.27. The first kappa shape index (κ1) is 11.8. The van der Waals surface area contributed by atoms with Gasteiger partial charge < -0.3 is 14.7 Å². The lowest BCUT2D eigenvalue weighted by Crippen LogP contribution is -2.12. The third-order valence-electron chi connectivity index (χ3n) is 2.01. The minimum Gasteiger partial charge on any atom is -0.493 e. The van der Waals surface area contributed by atoms with Gasteiger partial charge in [0.15, 0.2) is 11.5 Å². The zero-order valence-corrected chi connectivity index (χ0v) is 9.12. The lowest BCUT2D eigenvalue weighted by Gasteiger charge is -2.10. The minimum absolute atomic E-state index is 0.522. The quantitative estimate of drug-likeness (QED) is 0.556. The van der Waals surface area contributed by atoms with Gasteiger partial charge in [-0.3, -0.25) is 0 Å². The summed E-state index contributed by atoms with van der Waals surface area (Å²) in [5.41, 5.74) is 3.22. The average molecular weight is 211 g/mol. The number of nitrogens with one attached hydrogen (secondary N) is 1. The van der Waals surface area contributed by atoms with Crippen LogP contribution in [0.15, 0.2) is 18.2 Å². The van der Waals surface area contributed by atoms with Gasteiger partial charge in [0.1, 0.15) is 0 Å². The van der Waals surface area contributed by atoms with Gasteiger partial charge in [0.05, 0.1) is 13.7 Å². The summed E-state index contributed by atoms with van der Waals surface area (Å²) in [4.78, 5) is 0. The molecular formula is C11H17NO3. The van der Waals surface area contributed by atoms with Gasteiger partial charge in [0.2, 0.25) is 0 Å². The van der Waals surface area contributed by atoms with E-state index in [0.717, 1.165) is 23.5 Å². The van der Waals surface area contributed by atoms with Crippen molar-refractivity contribution in [3.8, 4) is 11.5 Å². The molecule has 0 aromatic heterocycles. The third kappa shape index (κ3) is 3.77. The van der Waals surface area contributed by atoms with E-state index < -0.39 is 0 Å². The number of benzene rings is 1. The van der Waals surface area contributed by atoms with Crippen molar-refractivity contribution in [2.75, 3.05) is 20.3 Å². The number of hydrogen-bond donors (Lipinski definition) is 2. The van der Waals surface area contributed by atoms with Crippen LogP contribution in [0.2, 0.25) is 0 Å². The second kappa shape index (κ2) is 6.27. The Morgan fingerprint density at radius 2 is 2.13 bits per heavy atom. The molecule has 0 aliphatic rings. The topological polar surface area (TPSA) is 50.7 Å². The lowest BCUT2D eigenvalue weighted by atomic mass is 10.2. The Hall–Kier alpha value is -1.26. The van der Waals surface area contributed by atoms with Gasteiger partial charge in [-0.1, -0.05) is 6.07 Å². The first-order valence-electron chi connectivity index (χ1n) is 4.92. The molecule has 1 rings (SSSR count). The normalized spacial score (nSPS) is 10.1. The van der Waals surface area contributed by atoms with Crippen LogP contribution < -0.4 is 15.0 Å². The van der Waals surface area contributed by atoms with E-state index in [9.17, 15) is 0 Å². The molecule has 0 saturated carbocycles. The van der Waals surface area contributed by atoms with E-state index in [4.69, 9.17) is 14.7 Å². The van der Waals surface area contributed by atoms with E-state index in [1.54, 1.807) is 7.11 Å². The smallest absolute Gasteiger partial charge is 0.161 e. The molecule has 15 heavy (non-hydrogen) atoms. The van der Waals surface area contributed by atoms with Crippen molar-refractivity contribution in [3.63, 3.8) is 0 Å². The van der Waals surface area contributed by atoms with Gasteiger partial charge >= 0.3 is 0 Å². The third-order valence-corrected chi connectivity index (χ3v) is 2.01. The number of ether oxygens (including phenoxy) is 2. The lowest BCUT2D eigenvalue weighted by molar-refractivity contribution is 0.157. The van der Waals surface area contributed by atoms with Crippen LogP contribution in [0.5, 0.6) is 11.5 Å². The Balaban J connectivity index is 2.52. The fourth-order valence-electron chi connectivity index (χ4n) is 1.23. The van der Waals surface area contributed by atoms with Gasteiger partial charge in [0.25, 0.3) is 0 Å². The van der Waals surface area contributed by atoms with E-state index in [-0.39, 0.29) is 0 Å². The molecular weight excluding hydrogens is 194 g/mol. The molecule has 0 radical (unpaired) electrons. The summed E-state index contributed by atoms with van der Waals surface area (Å²) in [5, 5.41) is 8.37. The second-order valence-electron chi connectivity index (χ2n) is 3.26. The fraction of sp³-hybridized carbons (Fsp3) is 0.455. The minimum atomic E-state index is 0.522. The van der Waals surface area contributed by atoms with Gasteiger partial charge in [-0.2, -0.15) is 0 Å². The van der Waals surface area contributed by atoms with Crippen LogP contribution in [-0.2, 0) is 0 Å². The molecule has 0 aliphatic carbocycles. The fourth-order valence-corrected chi connectivity index (χ4v) is 1.23. The molecule has 1 aromatic rings. The molecule has 0 unspecified atom stereocenters. The standard InChI is InChI=1S/C11H17NO3/c1-9-4-5-10(11(8-9)14-2)15-7-3-6-12-13/h4-5,8,12-13H,3,6-7H2,1-2H3. The summed E-state index contributed by atoms with van der Waals surface area (Å²) < 4.78 is 10.7. The average Bonchev–Trinajstić information content (AvgIpc) is 2.26. The summed E-state index contributed by atoms with van der Waals surface area (Å²) >= 11 is 0. The number of aryl methyl sites for hydroxylation is 1. The summed E-state index contributed by atoms with van der Waals surface area (Å²) in [7, 11) is 1.62. The first-order valence-corrected chi connectivity index (χ1v) is 4.92. The van der Waals surface area contributed by atoms with Crippen molar-refractivity contribution >= 4 is 0 Å². The molecule has 1 aromatic carbocycles. The van der Waals surface area contributed by atoms with Crippen molar-refractivity contribution in [1.29, 1.82) is 0 Å². The Labute approximate surface area is 89.8 Å². The molecule has 0 heterocycles. The van der Waals surface area contributed by atoms with Crippen LogP contribution in [0.25, 0.3) is 0 Å². The van der Waals surface area contributed by atoms with Crippen LogP contribution in [-0.4, -0.2) is 25.5 Å². The summed E-state index contributed by atoms with van der Waals surface area (Å²) in [6.45, 7) is 3.07. The van der Waals surface area contributed by atoms with E-state index >= 15 is 0 Å². The Morgan fingerprint density at radius 3 is 2.80 bits per heavy atom. The molecule has 0 spiro atoms. The number of methoxy groups -OCH3 is 1. The summed E-state index contributed by atoms with van der Waals surface area (Å²) in [5.74, 6) is 1.48. The predicted octanol–water partition coefficient (Wildman–Crippen LogP) is 1.75. The maximum atomic E-state index is 8.37. The molecule has 4 heteroatoms. The Bertz CT molecular complexity index is 302. The van der Waals surface area contributed by atoms with Crippen molar-refractivity contribution in [3.05, 3.63) is 23.8 Å². The maximum absolute atomic E-state index is 8.37. The largest absolute Gasteiger partial charge is 0.493 e. The van der Waals surface area contributed by atoms with E-state index in [2.05, 4.69) is 5.48 Å².